The molecule has 0 aliphatic heterocycles. The van der Waals surface area contributed by atoms with Gasteiger partial charge in [-0.1, -0.05) is 31.2 Å². The quantitative estimate of drug-likeness (QED) is 0.169. The second-order valence-electron chi connectivity index (χ2n) is 8.03. The van der Waals surface area contributed by atoms with Crippen molar-refractivity contribution in [3.63, 3.8) is 0 Å². The molecular formula is C24H26N6O5S3. The molecule has 3 N–H and O–H groups in total. The maximum absolute atomic E-state index is 12.6. The average Bonchev–Trinajstić information content (AvgIpc) is 3.66. The highest BCUT2D eigenvalue weighted by Gasteiger charge is 2.19. The lowest BCUT2D eigenvalue weighted by molar-refractivity contribution is -0.113. The number of furan rings is 1. The van der Waals surface area contributed by atoms with E-state index in [-0.39, 0.29) is 16.6 Å². The summed E-state index contributed by atoms with van der Waals surface area (Å²) in [4.78, 5) is 25.3. The van der Waals surface area contributed by atoms with E-state index < -0.39 is 16.1 Å². The van der Waals surface area contributed by atoms with Crippen molar-refractivity contribution >= 4 is 50.7 Å². The van der Waals surface area contributed by atoms with Crippen molar-refractivity contribution in [2.45, 2.75) is 36.4 Å². The van der Waals surface area contributed by atoms with E-state index in [4.69, 9.17) is 4.42 Å². The first-order valence-electron chi connectivity index (χ1n) is 11.7. The van der Waals surface area contributed by atoms with Gasteiger partial charge in [0.2, 0.25) is 5.91 Å². The van der Waals surface area contributed by atoms with Gasteiger partial charge in [-0.05, 0) is 54.3 Å². The molecule has 3 amide bonds. The number of nitrogens with one attached hydrogen (secondary N) is 3. The van der Waals surface area contributed by atoms with E-state index in [1.54, 1.807) is 23.7 Å². The molecule has 200 valence electrons. The number of carbonyl (C=O) groups is 2. The summed E-state index contributed by atoms with van der Waals surface area (Å²) in [5.74, 6) is 1.17. The van der Waals surface area contributed by atoms with Crippen molar-refractivity contribution < 1.29 is 22.4 Å². The number of thiophene rings is 1. The van der Waals surface area contributed by atoms with Crippen molar-refractivity contribution in [3.8, 4) is 10.7 Å². The molecule has 0 spiro atoms. The van der Waals surface area contributed by atoms with E-state index in [0.717, 1.165) is 23.5 Å². The van der Waals surface area contributed by atoms with Gasteiger partial charge in [-0.2, -0.15) is 0 Å². The van der Waals surface area contributed by atoms with Crippen LogP contribution < -0.4 is 15.4 Å². The highest BCUT2D eigenvalue weighted by Crippen LogP contribution is 2.28. The van der Waals surface area contributed by atoms with Gasteiger partial charge in [0.1, 0.15) is 5.76 Å². The van der Waals surface area contributed by atoms with Gasteiger partial charge in [-0.3, -0.25) is 9.36 Å². The fourth-order valence-corrected chi connectivity index (χ4v) is 5.71. The Morgan fingerprint density at radius 1 is 1.11 bits per heavy atom. The van der Waals surface area contributed by atoms with Gasteiger partial charge in [0.05, 0.1) is 28.3 Å². The molecule has 0 fully saturated rings. The number of anilines is 1. The minimum atomic E-state index is -4.03. The zero-order valence-electron chi connectivity index (χ0n) is 20.4. The number of rotatable bonds is 12. The Balaban J connectivity index is 1.36. The van der Waals surface area contributed by atoms with Crippen LogP contribution in [-0.4, -0.2) is 47.4 Å². The molecule has 0 atom stereocenters. The fraction of sp³-hybridized carbons (Fsp3) is 0.250. The van der Waals surface area contributed by atoms with E-state index in [1.807, 2.05) is 39.8 Å². The first-order chi connectivity index (χ1) is 18.4. The van der Waals surface area contributed by atoms with Gasteiger partial charge in [-0.15, -0.1) is 21.5 Å². The Morgan fingerprint density at radius 2 is 1.92 bits per heavy atom. The molecule has 1 aromatic carbocycles. The number of unbranched alkanes of at least 4 members (excludes halogenated alkanes) is 1. The zero-order chi connectivity index (χ0) is 27.0. The number of benzene rings is 1. The summed E-state index contributed by atoms with van der Waals surface area (Å²) in [7, 11) is -4.03. The lowest BCUT2D eigenvalue weighted by atomic mass is 10.3. The van der Waals surface area contributed by atoms with Crippen LogP contribution in [0, 0.1) is 0 Å². The summed E-state index contributed by atoms with van der Waals surface area (Å²) in [6.45, 7) is 2.76. The maximum atomic E-state index is 12.6. The lowest BCUT2D eigenvalue weighted by Crippen LogP contribution is -2.39. The van der Waals surface area contributed by atoms with Crippen LogP contribution in [0.25, 0.3) is 10.7 Å². The molecule has 0 saturated carbocycles. The molecule has 14 heteroatoms. The van der Waals surface area contributed by atoms with Gasteiger partial charge in [-0.25, -0.2) is 17.9 Å². The minimum absolute atomic E-state index is 0.0558. The van der Waals surface area contributed by atoms with Crippen LogP contribution in [0.1, 0.15) is 25.5 Å². The number of hydrogen-bond donors (Lipinski definition) is 3. The van der Waals surface area contributed by atoms with E-state index in [1.165, 1.54) is 36.0 Å². The second-order valence-corrected chi connectivity index (χ2v) is 11.6. The predicted molar refractivity (Wildman–Crippen MR) is 146 cm³/mol. The molecule has 3 heterocycles. The van der Waals surface area contributed by atoms with E-state index >= 15 is 0 Å². The van der Waals surface area contributed by atoms with Crippen molar-refractivity contribution in [2.24, 2.45) is 0 Å². The standard InChI is InChI=1S/C24H26N6O5S3/c1-2-3-12-25-23(32)29-38(33,34)19-10-8-17(9-11-19)26-21(31)16-37-24-28-27-22(20-7-5-14-36-20)30(24)15-18-6-4-13-35-18/h4-11,13-14H,2-3,12,15-16H2,1H3,(H,26,31)(H2,25,29,32). The van der Waals surface area contributed by atoms with E-state index in [0.29, 0.717) is 29.8 Å². The normalized spacial score (nSPS) is 11.3. The molecule has 0 aliphatic rings. The summed E-state index contributed by atoms with van der Waals surface area (Å²) < 4.78 is 34.2. The van der Waals surface area contributed by atoms with Crippen LogP contribution in [0.5, 0.6) is 0 Å². The highest BCUT2D eigenvalue weighted by molar-refractivity contribution is 7.99. The van der Waals surface area contributed by atoms with E-state index in [2.05, 4.69) is 20.8 Å². The number of hydrogen-bond acceptors (Lipinski definition) is 9. The molecule has 0 aliphatic carbocycles. The number of sulfonamides is 1. The number of amides is 3. The Morgan fingerprint density at radius 3 is 2.61 bits per heavy atom. The number of carbonyl (C=O) groups excluding carboxylic acids is 2. The molecule has 0 bridgehead atoms. The third kappa shape index (κ3) is 7.24. The van der Waals surface area contributed by atoms with Crippen LogP contribution in [0.15, 0.2) is 74.6 Å². The topological polar surface area (TPSA) is 148 Å². The lowest BCUT2D eigenvalue weighted by Gasteiger charge is -2.10. The molecule has 3 aromatic heterocycles. The van der Waals surface area contributed by atoms with Crippen LogP contribution in [0.4, 0.5) is 10.5 Å². The molecule has 4 aromatic rings. The van der Waals surface area contributed by atoms with Crippen molar-refractivity contribution in [2.75, 3.05) is 17.6 Å². The second kappa shape index (κ2) is 12.8. The number of nitrogens with zero attached hydrogens (tertiary/aromatic N) is 3. The first kappa shape index (κ1) is 27.4. The number of thioether (sulfide) groups is 1. The van der Waals surface area contributed by atoms with Crippen LogP contribution in [0.3, 0.4) is 0 Å². The van der Waals surface area contributed by atoms with Crippen molar-refractivity contribution in [3.05, 3.63) is 65.9 Å². The number of urea groups is 1. The first-order valence-corrected chi connectivity index (χ1v) is 15.0. The largest absolute Gasteiger partial charge is 0.467 e. The van der Waals surface area contributed by atoms with E-state index in [9.17, 15) is 18.0 Å². The highest BCUT2D eigenvalue weighted by atomic mass is 32.2. The molecule has 0 saturated heterocycles. The predicted octanol–water partition coefficient (Wildman–Crippen LogP) is 4.17. The zero-order valence-corrected chi connectivity index (χ0v) is 22.9. The van der Waals surface area contributed by atoms with Crippen LogP contribution >= 0.6 is 23.1 Å². The van der Waals surface area contributed by atoms with Crippen LogP contribution in [0.2, 0.25) is 0 Å². The maximum Gasteiger partial charge on any atom is 0.328 e. The SMILES string of the molecule is CCCCNC(=O)NS(=O)(=O)c1ccc(NC(=O)CSc2nnc(-c3cccs3)n2Cc2ccco2)cc1. The Kier molecular flexibility index (Phi) is 9.20. The fourth-order valence-electron chi connectivity index (χ4n) is 3.32. The third-order valence-electron chi connectivity index (χ3n) is 5.18. The molecule has 38 heavy (non-hydrogen) atoms. The Labute approximate surface area is 228 Å². The smallest absolute Gasteiger partial charge is 0.328 e. The van der Waals surface area contributed by atoms with Gasteiger partial charge in [0, 0.05) is 12.2 Å². The van der Waals surface area contributed by atoms with Gasteiger partial charge in [0.25, 0.3) is 10.0 Å². The molecule has 0 radical (unpaired) electrons. The summed E-state index contributed by atoms with van der Waals surface area (Å²) in [5.41, 5.74) is 0.415. The monoisotopic (exact) mass is 574 g/mol. The number of aromatic nitrogens is 3. The Bertz CT molecular complexity index is 1450. The Hall–Kier alpha value is -3.62. The summed E-state index contributed by atoms with van der Waals surface area (Å²) in [6, 6.07) is 12.3. The molecule has 11 nitrogen and oxygen atoms in total. The van der Waals surface area contributed by atoms with Gasteiger partial charge in [0.15, 0.2) is 11.0 Å². The van der Waals surface area contributed by atoms with Crippen molar-refractivity contribution in [1.29, 1.82) is 0 Å². The van der Waals surface area contributed by atoms with Gasteiger partial charge < -0.3 is 15.1 Å². The minimum Gasteiger partial charge on any atom is -0.467 e. The van der Waals surface area contributed by atoms with Crippen molar-refractivity contribution in [1.82, 2.24) is 24.8 Å². The summed E-state index contributed by atoms with van der Waals surface area (Å²) in [5, 5.41) is 16.3. The van der Waals surface area contributed by atoms with Gasteiger partial charge >= 0.3 is 6.03 Å². The third-order valence-corrected chi connectivity index (χ3v) is 8.36. The van der Waals surface area contributed by atoms with Crippen LogP contribution in [-0.2, 0) is 21.4 Å². The average molecular weight is 575 g/mol. The molecule has 0 unspecified atom stereocenters. The summed E-state index contributed by atoms with van der Waals surface area (Å²) in [6.07, 6.45) is 3.22. The molecule has 4 rings (SSSR count). The summed E-state index contributed by atoms with van der Waals surface area (Å²) >= 11 is 2.77. The molecular weight excluding hydrogens is 549 g/mol.